The van der Waals surface area contributed by atoms with Crippen molar-refractivity contribution in [3.05, 3.63) is 54.5 Å². The van der Waals surface area contributed by atoms with E-state index < -0.39 is 0 Å². The summed E-state index contributed by atoms with van der Waals surface area (Å²) in [5.41, 5.74) is 1.42. The molecule has 1 aliphatic heterocycles. The predicted molar refractivity (Wildman–Crippen MR) is 118 cm³/mol. The highest BCUT2D eigenvalue weighted by Crippen LogP contribution is 2.52. The lowest BCUT2D eigenvalue weighted by atomic mass is 9.59. The summed E-state index contributed by atoms with van der Waals surface area (Å²) in [6, 6.07) is 13.9. The summed E-state index contributed by atoms with van der Waals surface area (Å²) in [6.07, 6.45) is 10.7. The highest BCUT2D eigenvalue weighted by atomic mass is 35.5. The first-order valence-corrected chi connectivity index (χ1v) is 10.9. The number of anilines is 1. The van der Waals surface area contributed by atoms with Gasteiger partial charge in [-0.25, -0.2) is 0 Å². The minimum atomic E-state index is -0.0153. The number of para-hydroxylation sites is 1. The van der Waals surface area contributed by atoms with Crippen LogP contribution >= 0.6 is 12.4 Å². The van der Waals surface area contributed by atoms with Gasteiger partial charge in [-0.2, -0.15) is 0 Å². The van der Waals surface area contributed by atoms with E-state index in [-0.39, 0.29) is 24.4 Å². The number of carbonyl (C=O) groups excluding carboxylic acids is 1. The van der Waals surface area contributed by atoms with Crippen LogP contribution in [0.1, 0.15) is 55.5 Å². The summed E-state index contributed by atoms with van der Waals surface area (Å²) in [5.74, 6) is 1.38. The maximum Gasteiger partial charge on any atom is 0.294 e. The molecule has 0 unspecified atom stereocenters. The SMILES string of the molecule is Cl.O=C(c1ccco1)N(c1ccccc1)C1CC2(CCN(CC3CCC3)CC2)C1. The number of halogens is 1. The topological polar surface area (TPSA) is 36.7 Å². The first-order valence-electron chi connectivity index (χ1n) is 10.9. The van der Waals surface area contributed by atoms with Gasteiger partial charge in [0.2, 0.25) is 0 Å². The molecule has 4 nitrogen and oxygen atoms in total. The Hall–Kier alpha value is -1.78. The fraction of sp³-hybridized carbons (Fsp3) is 0.542. The molecule has 3 aliphatic rings. The number of hydrogen-bond donors (Lipinski definition) is 0. The van der Waals surface area contributed by atoms with Crippen LogP contribution in [0.25, 0.3) is 0 Å². The highest BCUT2D eigenvalue weighted by molar-refractivity contribution is 6.04. The van der Waals surface area contributed by atoms with Crippen molar-refractivity contribution in [2.24, 2.45) is 11.3 Å². The number of furan rings is 1. The van der Waals surface area contributed by atoms with E-state index in [2.05, 4.69) is 4.90 Å². The molecule has 2 aliphatic carbocycles. The van der Waals surface area contributed by atoms with E-state index in [0.717, 1.165) is 24.4 Å². The molecule has 3 fully saturated rings. The van der Waals surface area contributed by atoms with Crippen LogP contribution in [0.15, 0.2) is 53.1 Å². The molecule has 1 aromatic carbocycles. The van der Waals surface area contributed by atoms with Crippen molar-refractivity contribution in [1.29, 1.82) is 0 Å². The second-order valence-electron chi connectivity index (χ2n) is 9.15. The Labute approximate surface area is 179 Å². The molecule has 0 N–H and O–H groups in total. The summed E-state index contributed by atoms with van der Waals surface area (Å²) in [4.78, 5) is 17.8. The third-order valence-corrected chi connectivity index (χ3v) is 7.35. The molecule has 2 saturated carbocycles. The third-order valence-electron chi connectivity index (χ3n) is 7.35. The highest BCUT2D eigenvalue weighted by Gasteiger charge is 2.49. The molecule has 0 bridgehead atoms. The van der Waals surface area contributed by atoms with Crippen molar-refractivity contribution < 1.29 is 9.21 Å². The van der Waals surface area contributed by atoms with Crippen LogP contribution < -0.4 is 4.90 Å². The van der Waals surface area contributed by atoms with Gasteiger partial charge in [0.05, 0.1) is 6.26 Å². The normalized spacial score (nSPS) is 21.8. The lowest BCUT2D eigenvalue weighted by Gasteiger charge is -2.55. The van der Waals surface area contributed by atoms with E-state index in [0.29, 0.717) is 11.2 Å². The zero-order valence-electron chi connectivity index (χ0n) is 17.0. The van der Waals surface area contributed by atoms with Gasteiger partial charge in [-0.3, -0.25) is 4.79 Å². The van der Waals surface area contributed by atoms with Gasteiger partial charge in [-0.1, -0.05) is 24.6 Å². The van der Waals surface area contributed by atoms with Gasteiger partial charge in [0, 0.05) is 18.3 Å². The van der Waals surface area contributed by atoms with Crippen LogP contribution in [0.2, 0.25) is 0 Å². The molecular weight excluding hydrogens is 384 g/mol. The second-order valence-corrected chi connectivity index (χ2v) is 9.15. The van der Waals surface area contributed by atoms with Crippen LogP contribution in [0.3, 0.4) is 0 Å². The molecule has 0 atom stereocenters. The quantitative estimate of drug-likeness (QED) is 0.657. The van der Waals surface area contributed by atoms with Crippen molar-refractivity contribution in [3.8, 4) is 0 Å². The molecule has 0 radical (unpaired) electrons. The van der Waals surface area contributed by atoms with Crippen LogP contribution in [0.4, 0.5) is 5.69 Å². The second kappa shape index (κ2) is 8.53. The molecule has 1 saturated heterocycles. The first kappa shape index (κ1) is 20.5. The lowest BCUT2D eigenvalue weighted by Crippen LogP contribution is -2.57. The molecule has 1 aromatic heterocycles. The largest absolute Gasteiger partial charge is 0.459 e. The zero-order valence-corrected chi connectivity index (χ0v) is 17.8. The van der Waals surface area contributed by atoms with E-state index in [4.69, 9.17) is 4.42 Å². The van der Waals surface area contributed by atoms with Gasteiger partial charge in [0.15, 0.2) is 5.76 Å². The van der Waals surface area contributed by atoms with Crippen molar-refractivity contribution in [1.82, 2.24) is 4.90 Å². The maximum absolute atomic E-state index is 13.1. The summed E-state index contributed by atoms with van der Waals surface area (Å²) >= 11 is 0. The number of carbonyl (C=O) groups is 1. The van der Waals surface area contributed by atoms with Crippen LogP contribution in [0.5, 0.6) is 0 Å². The molecule has 5 heteroatoms. The molecule has 29 heavy (non-hydrogen) atoms. The van der Waals surface area contributed by atoms with Gasteiger partial charge >= 0.3 is 0 Å². The number of benzene rings is 1. The summed E-state index contributed by atoms with van der Waals surface area (Å²) in [7, 11) is 0. The number of piperidine rings is 1. The van der Waals surface area contributed by atoms with Crippen molar-refractivity contribution in [3.63, 3.8) is 0 Å². The number of rotatable bonds is 5. The number of amides is 1. The Bertz CT molecular complexity index is 788. The summed E-state index contributed by atoms with van der Waals surface area (Å²) in [5, 5.41) is 0. The van der Waals surface area contributed by atoms with Gasteiger partial charge in [0.25, 0.3) is 5.91 Å². The van der Waals surface area contributed by atoms with Gasteiger partial charge in [-0.15, -0.1) is 12.4 Å². The fourth-order valence-corrected chi connectivity index (χ4v) is 5.38. The lowest BCUT2D eigenvalue weighted by molar-refractivity contribution is 0.00656. The van der Waals surface area contributed by atoms with Crippen molar-refractivity contribution in [2.45, 2.75) is 51.0 Å². The standard InChI is InChI=1S/C24H30N2O2.ClH/c27-23(22-10-5-15-28-22)26(20-8-2-1-3-9-20)21-16-24(17-21)11-13-25(14-12-24)18-19-6-4-7-19;/h1-3,5,8-10,15,19,21H,4,6-7,11-14,16-18H2;1H. The Morgan fingerprint density at radius 2 is 1.79 bits per heavy atom. The van der Waals surface area contributed by atoms with Crippen LogP contribution in [-0.2, 0) is 0 Å². The van der Waals surface area contributed by atoms with Crippen LogP contribution in [-0.4, -0.2) is 36.5 Å². The molecule has 5 rings (SSSR count). The average molecular weight is 415 g/mol. The Morgan fingerprint density at radius 3 is 2.38 bits per heavy atom. The van der Waals surface area contributed by atoms with E-state index in [9.17, 15) is 4.79 Å². The van der Waals surface area contributed by atoms with E-state index >= 15 is 0 Å². The zero-order chi connectivity index (χ0) is 19.0. The number of likely N-dealkylation sites (tertiary alicyclic amines) is 1. The minimum absolute atomic E-state index is 0. The van der Waals surface area contributed by atoms with Gasteiger partial charge in [-0.05, 0) is 87.2 Å². The number of nitrogens with zero attached hydrogens (tertiary/aromatic N) is 2. The van der Waals surface area contributed by atoms with E-state index in [1.165, 1.54) is 51.7 Å². The smallest absolute Gasteiger partial charge is 0.294 e. The maximum atomic E-state index is 13.1. The molecule has 1 spiro atoms. The van der Waals surface area contributed by atoms with Crippen molar-refractivity contribution in [2.75, 3.05) is 24.5 Å². The molecule has 2 aromatic rings. The molecule has 2 heterocycles. The monoisotopic (exact) mass is 414 g/mol. The Balaban J connectivity index is 0.00000205. The Kier molecular flexibility index (Phi) is 6.03. The van der Waals surface area contributed by atoms with E-state index in [1.807, 2.05) is 35.2 Å². The predicted octanol–water partition coefficient (Wildman–Crippen LogP) is 5.39. The van der Waals surface area contributed by atoms with Gasteiger partial charge in [0.1, 0.15) is 0 Å². The molecule has 1 amide bonds. The number of hydrogen-bond acceptors (Lipinski definition) is 3. The molecule has 156 valence electrons. The third kappa shape index (κ3) is 4.10. The average Bonchev–Trinajstić information content (AvgIpc) is 3.20. The summed E-state index contributed by atoms with van der Waals surface area (Å²) in [6.45, 7) is 3.79. The van der Waals surface area contributed by atoms with Gasteiger partial charge < -0.3 is 14.2 Å². The minimum Gasteiger partial charge on any atom is -0.459 e. The fourth-order valence-electron chi connectivity index (χ4n) is 5.38. The first-order chi connectivity index (χ1) is 13.7. The summed E-state index contributed by atoms with van der Waals surface area (Å²) < 4.78 is 5.42. The van der Waals surface area contributed by atoms with Crippen molar-refractivity contribution >= 4 is 24.0 Å². The molecular formula is C24H31ClN2O2. The van der Waals surface area contributed by atoms with E-state index in [1.54, 1.807) is 18.4 Å². The van der Waals surface area contributed by atoms with Crippen LogP contribution in [0, 0.1) is 11.3 Å². The Morgan fingerprint density at radius 1 is 1.07 bits per heavy atom.